The molecular weight excluding hydrogens is 201 g/mol. The van der Waals surface area contributed by atoms with E-state index in [1.165, 1.54) is 4.90 Å². The smallest absolute Gasteiger partial charge is 0.410 e. The lowest BCUT2D eigenvalue weighted by atomic mass is 10.1. The van der Waals surface area contributed by atoms with Gasteiger partial charge in [0, 0.05) is 12.5 Å². The van der Waals surface area contributed by atoms with Crippen molar-refractivity contribution in [3.8, 4) is 0 Å². The van der Waals surface area contributed by atoms with Gasteiger partial charge in [-0.2, -0.15) is 0 Å². The van der Waals surface area contributed by atoms with Crippen molar-refractivity contribution in [1.82, 2.24) is 4.90 Å². The summed E-state index contributed by atoms with van der Waals surface area (Å²) in [5.41, 5.74) is -0.569. The van der Waals surface area contributed by atoms with Crippen LogP contribution in [0.4, 0.5) is 9.18 Å². The molecule has 1 saturated heterocycles. The van der Waals surface area contributed by atoms with Gasteiger partial charge in [-0.1, -0.05) is 0 Å². The van der Waals surface area contributed by atoms with Crippen molar-refractivity contribution in [2.75, 3.05) is 19.7 Å². The molecule has 1 heterocycles. The Morgan fingerprint density at radius 1 is 1.53 bits per heavy atom. The molecule has 15 heavy (non-hydrogen) atoms. The van der Waals surface area contributed by atoms with Crippen LogP contribution >= 0.6 is 0 Å². The Morgan fingerprint density at radius 2 is 2.13 bits per heavy atom. The van der Waals surface area contributed by atoms with Gasteiger partial charge in [-0.15, -0.1) is 0 Å². The highest BCUT2D eigenvalue weighted by Crippen LogP contribution is 2.21. The van der Waals surface area contributed by atoms with E-state index in [4.69, 9.17) is 9.84 Å². The molecule has 1 rings (SSSR count). The fourth-order valence-electron chi connectivity index (χ4n) is 1.48. The number of amides is 1. The number of aliphatic hydroxyl groups is 1. The number of alkyl halides is 1. The summed E-state index contributed by atoms with van der Waals surface area (Å²) >= 11 is 0. The third kappa shape index (κ3) is 3.34. The molecule has 0 unspecified atom stereocenters. The molecule has 1 aliphatic rings. The van der Waals surface area contributed by atoms with Crippen molar-refractivity contribution >= 4 is 6.09 Å². The largest absolute Gasteiger partial charge is 0.444 e. The molecule has 1 N–H and O–H groups in total. The Bertz CT molecular complexity index is 239. The van der Waals surface area contributed by atoms with Gasteiger partial charge in [-0.3, -0.25) is 0 Å². The molecule has 0 aromatic carbocycles. The van der Waals surface area contributed by atoms with Crippen LogP contribution in [0, 0.1) is 5.92 Å². The summed E-state index contributed by atoms with van der Waals surface area (Å²) in [6.45, 7) is 5.29. The summed E-state index contributed by atoms with van der Waals surface area (Å²) < 4.78 is 18.3. The van der Waals surface area contributed by atoms with Crippen molar-refractivity contribution in [2.45, 2.75) is 32.5 Å². The Hall–Kier alpha value is -0.840. The topological polar surface area (TPSA) is 49.8 Å². The van der Waals surface area contributed by atoms with Crippen molar-refractivity contribution in [3.63, 3.8) is 0 Å². The number of hydrogen-bond acceptors (Lipinski definition) is 3. The first-order valence-corrected chi connectivity index (χ1v) is 5.06. The van der Waals surface area contributed by atoms with Gasteiger partial charge in [0.05, 0.1) is 13.2 Å². The summed E-state index contributed by atoms with van der Waals surface area (Å²) in [4.78, 5) is 12.8. The maximum atomic E-state index is 13.2. The third-order valence-corrected chi connectivity index (χ3v) is 2.25. The van der Waals surface area contributed by atoms with Crippen LogP contribution in [0.5, 0.6) is 0 Å². The maximum Gasteiger partial charge on any atom is 0.410 e. The van der Waals surface area contributed by atoms with E-state index in [9.17, 15) is 9.18 Å². The second-order valence-electron chi connectivity index (χ2n) is 4.84. The Balaban J connectivity index is 2.50. The molecule has 4 nitrogen and oxygen atoms in total. The molecule has 0 aliphatic carbocycles. The molecule has 0 radical (unpaired) electrons. The minimum absolute atomic E-state index is 0.0140. The summed E-state index contributed by atoms with van der Waals surface area (Å²) in [5, 5.41) is 8.85. The van der Waals surface area contributed by atoms with Gasteiger partial charge in [0.15, 0.2) is 0 Å². The van der Waals surface area contributed by atoms with E-state index in [0.29, 0.717) is 0 Å². The lowest BCUT2D eigenvalue weighted by Gasteiger charge is -2.24. The molecule has 0 aromatic heterocycles. The molecule has 0 bridgehead atoms. The SMILES string of the molecule is CC(C)(C)OC(=O)N1C[C@@H](CO)[C@@H](F)C1. The monoisotopic (exact) mass is 219 g/mol. The van der Waals surface area contributed by atoms with E-state index in [-0.39, 0.29) is 19.7 Å². The summed E-state index contributed by atoms with van der Waals surface area (Å²) in [6, 6.07) is 0. The summed E-state index contributed by atoms with van der Waals surface area (Å²) in [6.07, 6.45) is -1.66. The zero-order valence-corrected chi connectivity index (χ0v) is 9.36. The van der Waals surface area contributed by atoms with E-state index >= 15 is 0 Å². The number of halogens is 1. The van der Waals surface area contributed by atoms with Gasteiger partial charge in [-0.25, -0.2) is 9.18 Å². The highest BCUT2D eigenvalue weighted by molar-refractivity contribution is 5.68. The van der Waals surface area contributed by atoms with Crippen LogP contribution in [0.25, 0.3) is 0 Å². The number of rotatable bonds is 1. The molecule has 1 amide bonds. The third-order valence-electron chi connectivity index (χ3n) is 2.25. The first-order valence-electron chi connectivity index (χ1n) is 5.06. The summed E-state index contributed by atoms with van der Waals surface area (Å²) in [5.74, 6) is -0.475. The van der Waals surface area contributed by atoms with E-state index in [2.05, 4.69) is 0 Å². The van der Waals surface area contributed by atoms with E-state index < -0.39 is 23.8 Å². The maximum absolute atomic E-state index is 13.2. The standard InChI is InChI=1S/C10H18FNO3/c1-10(2,3)15-9(14)12-4-7(6-13)8(11)5-12/h7-8,13H,4-6H2,1-3H3/t7-,8-/m0/s1. The van der Waals surface area contributed by atoms with Crippen LogP contribution in [0.3, 0.4) is 0 Å². The second kappa shape index (κ2) is 4.35. The van der Waals surface area contributed by atoms with Crippen LogP contribution in [-0.2, 0) is 4.74 Å². The van der Waals surface area contributed by atoms with Gasteiger partial charge in [0.25, 0.3) is 0 Å². The molecule has 1 fully saturated rings. The minimum atomic E-state index is -1.15. The number of hydrogen-bond donors (Lipinski definition) is 1. The average Bonchev–Trinajstić information content (AvgIpc) is 2.43. The van der Waals surface area contributed by atoms with E-state index in [0.717, 1.165) is 0 Å². The highest BCUT2D eigenvalue weighted by atomic mass is 19.1. The van der Waals surface area contributed by atoms with Gasteiger partial charge >= 0.3 is 6.09 Å². The highest BCUT2D eigenvalue weighted by Gasteiger charge is 2.36. The first kappa shape index (κ1) is 12.2. The lowest BCUT2D eigenvalue weighted by molar-refractivity contribution is 0.0279. The van der Waals surface area contributed by atoms with E-state index in [1.54, 1.807) is 20.8 Å². The van der Waals surface area contributed by atoms with Crippen LogP contribution in [-0.4, -0.2) is 47.6 Å². The quantitative estimate of drug-likeness (QED) is 0.720. The molecule has 5 heteroatoms. The van der Waals surface area contributed by atoms with Crippen LogP contribution in [0.2, 0.25) is 0 Å². The first-order chi connectivity index (χ1) is 6.83. The summed E-state index contributed by atoms with van der Waals surface area (Å²) in [7, 11) is 0. The Kier molecular flexibility index (Phi) is 3.54. The van der Waals surface area contributed by atoms with Crippen molar-refractivity contribution in [1.29, 1.82) is 0 Å². The molecule has 0 saturated carbocycles. The van der Waals surface area contributed by atoms with Gasteiger partial charge in [-0.05, 0) is 20.8 Å². The second-order valence-corrected chi connectivity index (χ2v) is 4.84. The predicted molar refractivity (Wildman–Crippen MR) is 53.3 cm³/mol. The molecular formula is C10H18FNO3. The number of likely N-dealkylation sites (tertiary alicyclic amines) is 1. The van der Waals surface area contributed by atoms with Gasteiger partial charge in [0.2, 0.25) is 0 Å². The van der Waals surface area contributed by atoms with Crippen LogP contribution in [0.1, 0.15) is 20.8 Å². The zero-order valence-electron chi connectivity index (χ0n) is 9.36. The fraction of sp³-hybridized carbons (Fsp3) is 0.900. The van der Waals surface area contributed by atoms with Crippen molar-refractivity contribution in [2.24, 2.45) is 5.92 Å². The van der Waals surface area contributed by atoms with Gasteiger partial charge < -0.3 is 14.7 Å². The lowest BCUT2D eigenvalue weighted by Crippen LogP contribution is -2.35. The van der Waals surface area contributed by atoms with Crippen molar-refractivity contribution < 1.29 is 19.0 Å². The Morgan fingerprint density at radius 3 is 2.53 bits per heavy atom. The number of carbonyl (C=O) groups excluding carboxylic acids is 1. The van der Waals surface area contributed by atoms with Crippen molar-refractivity contribution in [3.05, 3.63) is 0 Å². The molecule has 88 valence electrons. The van der Waals surface area contributed by atoms with Crippen LogP contribution < -0.4 is 0 Å². The predicted octanol–water partition coefficient (Wildman–Crippen LogP) is 1.18. The Labute approximate surface area is 89.0 Å². The van der Waals surface area contributed by atoms with E-state index in [1.807, 2.05) is 0 Å². The van der Waals surface area contributed by atoms with Crippen LogP contribution in [0.15, 0.2) is 0 Å². The number of ether oxygens (including phenoxy) is 1. The number of aliphatic hydroxyl groups excluding tert-OH is 1. The molecule has 0 spiro atoms. The fourth-order valence-corrected chi connectivity index (χ4v) is 1.48. The average molecular weight is 219 g/mol. The molecule has 1 aliphatic heterocycles. The zero-order chi connectivity index (χ0) is 11.6. The normalized spacial score (nSPS) is 26.9. The molecule has 0 aromatic rings. The minimum Gasteiger partial charge on any atom is -0.444 e. The molecule has 2 atom stereocenters. The number of carbonyl (C=O) groups is 1. The number of nitrogens with zero attached hydrogens (tertiary/aromatic N) is 1. The van der Waals surface area contributed by atoms with Gasteiger partial charge in [0.1, 0.15) is 11.8 Å².